The lowest BCUT2D eigenvalue weighted by Crippen LogP contribution is -2.14. The molecule has 1 aromatic heterocycles. The molecule has 0 aliphatic rings. The third-order valence-electron chi connectivity index (χ3n) is 2.92. The number of anilines is 1. The first-order valence-electron chi connectivity index (χ1n) is 6.68. The van der Waals surface area contributed by atoms with E-state index in [0.717, 1.165) is 16.5 Å². The van der Waals surface area contributed by atoms with Gasteiger partial charge in [0.05, 0.1) is 11.6 Å². The molecule has 112 valence electrons. The summed E-state index contributed by atoms with van der Waals surface area (Å²) in [6, 6.07) is 9.34. The van der Waals surface area contributed by atoms with Crippen molar-refractivity contribution >= 4 is 21.9 Å². The van der Waals surface area contributed by atoms with Gasteiger partial charge in [-0.3, -0.25) is 4.72 Å². The Morgan fingerprint density at radius 1 is 1.19 bits per heavy atom. The predicted molar refractivity (Wildman–Crippen MR) is 85.4 cm³/mol. The molecule has 0 aliphatic heterocycles. The lowest BCUT2D eigenvalue weighted by atomic mass is 10.2. The summed E-state index contributed by atoms with van der Waals surface area (Å²) in [5, 5.41) is 5.26. The zero-order chi connectivity index (χ0) is 15.5. The topological polar surface area (TPSA) is 64.0 Å². The molecule has 0 spiro atoms. The molecule has 0 unspecified atom stereocenters. The molecule has 0 amide bonds. The van der Waals surface area contributed by atoms with Gasteiger partial charge in [0.25, 0.3) is 10.0 Å². The molecule has 5 nitrogen and oxygen atoms in total. The van der Waals surface area contributed by atoms with Crippen LogP contribution in [0.3, 0.4) is 0 Å². The van der Waals surface area contributed by atoms with E-state index in [2.05, 4.69) is 9.82 Å². The van der Waals surface area contributed by atoms with E-state index in [9.17, 15) is 8.42 Å². The first-order valence-corrected chi connectivity index (χ1v) is 8.23. The summed E-state index contributed by atoms with van der Waals surface area (Å²) >= 11 is 0. The number of hydrogen-bond acceptors (Lipinski definition) is 3. The van der Waals surface area contributed by atoms with Crippen LogP contribution in [0, 0.1) is 6.92 Å². The number of nitrogens with one attached hydrogen (secondary N) is 1. The molecule has 0 bridgehead atoms. The number of nitrogens with zero attached hydrogens (tertiary/aromatic N) is 2. The molecule has 1 aromatic carbocycles. The second-order valence-electron chi connectivity index (χ2n) is 5.12. The van der Waals surface area contributed by atoms with E-state index in [1.165, 1.54) is 0 Å². The zero-order valence-corrected chi connectivity index (χ0v) is 13.1. The van der Waals surface area contributed by atoms with Crippen molar-refractivity contribution in [1.29, 1.82) is 0 Å². The van der Waals surface area contributed by atoms with Crippen molar-refractivity contribution in [3.63, 3.8) is 0 Å². The minimum Gasteiger partial charge on any atom is -0.264 e. The van der Waals surface area contributed by atoms with Crippen LogP contribution in [-0.4, -0.2) is 18.2 Å². The van der Waals surface area contributed by atoms with Crippen molar-refractivity contribution in [3.05, 3.63) is 53.1 Å². The van der Waals surface area contributed by atoms with Gasteiger partial charge in [-0.2, -0.15) is 5.10 Å². The molecule has 0 radical (unpaired) electrons. The molecule has 2 rings (SSSR count). The van der Waals surface area contributed by atoms with Crippen LogP contribution in [0.2, 0.25) is 0 Å². The summed E-state index contributed by atoms with van der Waals surface area (Å²) in [5.41, 5.74) is 1.97. The fourth-order valence-electron chi connectivity index (χ4n) is 1.83. The van der Waals surface area contributed by atoms with Crippen LogP contribution in [0.5, 0.6) is 0 Å². The third-order valence-corrected chi connectivity index (χ3v) is 3.91. The van der Waals surface area contributed by atoms with Crippen molar-refractivity contribution in [3.8, 4) is 0 Å². The smallest absolute Gasteiger partial charge is 0.256 e. The molecule has 1 N–H and O–H groups in total. The Hall–Kier alpha value is -2.08. The Bertz CT molecular complexity index is 729. The van der Waals surface area contributed by atoms with Gasteiger partial charge in [-0.05, 0) is 32.4 Å². The van der Waals surface area contributed by atoms with E-state index in [4.69, 9.17) is 0 Å². The van der Waals surface area contributed by atoms with Gasteiger partial charge >= 0.3 is 0 Å². The Kier molecular flexibility index (Phi) is 4.47. The van der Waals surface area contributed by atoms with Gasteiger partial charge in [0.15, 0.2) is 0 Å². The number of aryl methyl sites for hydroxylation is 1. The Labute approximate surface area is 125 Å². The maximum absolute atomic E-state index is 12.1. The molecule has 0 atom stereocenters. The Morgan fingerprint density at radius 2 is 1.86 bits per heavy atom. The predicted octanol–water partition coefficient (Wildman–Crippen LogP) is 3.19. The molecule has 1 heterocycles. The highest BCUT2D eigenvalue weighted by molar-refractivity contribution is 7.95. The normalized spacial score (nSPS) is 12.2. The maximum Gasteiger partial charge on any atom is 0.256 e. The molecule has 0 saturated carbocycles. The standard InChI is InChI=1S/C15H19N3O2S/c1-12(2)18-15(8-10-16-18)17-21(19,20)11-9-14-6-4-13(3)5-7-14/h4-12,17H,1-3H3/b11-9+. The summed E-state index contributed by atoms with van der Waals surface area (Å²) in [7, 11) is -3.56. The van der Waals surface area contributed by atoms with E-state index in [-0.39, 0.29) is 6.04 Å². The van der Waals surface area contributed by atoms with Crippen LogP contribution in [0.1, 0.15) is 31.0 Å². The van der Waals surface area contributed by atoms with E-state index in [1.807, 2.05) is 45.0 Å². The van der Waals surface area contributed by atoms with Crippen LogP contribution in [-0.2, 0) is 10.0 Å². The van der Waals surface area contributed by atoms with Crippen LogP contribution in [0.15, 0.2) is 41.9 Å². The molecule has 0 saturated heterocycles. The van der Waals surface area contributed by atoms with Crippen LogP contribution in [0.4, 0.5) is 5.82 Å². The van der Waals surface area contributed by atoms with Gasteiger partial charge in [-0.25, -0.2) is 13.1 Å². The lowest BCUT2D eigenvalue weighted by molar-refractivity contribution is 0.539. The number of rotatable bonds is 5. The van der Waals surface area contributed by atoms with Gasteiger partial charge in [-0.1, -0.05) is 29.8 Å². The fraction of sp³-hybridized carbons (Fsp3) is 0.267. The summed E-state index contributed by atoms with van der Waals surface area (Å²) in [4.78, 5) is 0. The summed E-state index contributed by atoms with van der Waals surface area (Å²) in [6.45, 7) is 5.86. The molecular weight excluding hydrogens is 286 g/mol. The van der Waals surface area contributed by atoms with Gasteiger partial charge in [0.2, 0.25) is 0 Å². The number of hydrogen-bond donors (Lipinski definition) is 1. The minimum atomic E-state index is -3.56. The Morgan fingerprint density at radius 3 is 2.48 bits per heavy atom. The second-order valence-corrected chi connectivity index (χ2v) is 6.68. The summed E-state index contributed by atoms with van der Waals surface area (Å²) in [6.07, 6.45) is 3.14. The number of benzene rings is 1. The zero-order valence-electron chi connectivity index (χ0n) is 12.3. The number of aromatic nitrogens is 2. The second kappa shape index (κ2) is 6.13. The molecule has 0 fully saturated rings. The molecule has 2 aromatic rings. The van der Waals surface area contributed by atoms with Crippen molar-refractivity contribution in [2.45, 2.75) is 26.8 Å². The average Bonchev–Trinajstić information content (AvgIpc) is 2.85. The first-order chi connectivity index (χ1) is 9.87. The van der Waals surface area contributed by atoms with Gasteiger partial charge < -0.3 is 0 Å². The van der Waals surface area contributed by atoms with Crippen molar-refractivity contribution < 1.29 is 8.42 Å². The number of sulfonamides is 1. The van der Waals surface area contributed by atoms with Crippen LogP contribution >= 0.6 is 0 Å². The highest BCUT2D eigenvalue weighted by Crippen LogP contribution is 2.15. The van der Waals surface area contributed by atoms with E-state index < -0.39 is 10.0 Å². The molecular formula is C15H19N3O2S. The van der Waals surface area contributed by atoms with Gasteiger partial charge in [-0.15, -0.1) is 0 Å². The minimum absolute atomic E-state index is 0.0822. The molecule has 6 heteroatoms. The van der Waals surface area contributed by atoms with Crippen LogP contribution in [0.25, 0.3) is 6.08 Å². The van der Waals surface area contributed by atoms with Crippen molar-refractivity contribution in [1.82, 2.24) is 9.78 Å². The highest BCUT2D eigenvalue weighted by atomic mass is 32.2. The summed E-state index contributed by atoms with van der Waals surface area (Å²) < 4.78 is 28.3. The van der Waals surface area contributed by atoms with E-state index >= 15 is 0 Å². The maximum atomic E-state index is 12.1. The van der Waals surface area contributed by atoms with Crippen molar-refractivity contribution in [2.75, 3.05) is 4.72 Å². The van der Waals surface area contributed by atoms with Crippen molar-refractivity contribution in [2.24, 2.45) is 0 Å². The van der Waals surface area contributed by atoms with E-state index in [0.29, 0.717) is 5.82 Å². The monoisotopic (exact) mass is 305 g/mol. The van der Waals surface area contributed by atoms with E-state index in [1.54, 1.807) is 23.0 Å². The molecule has 21 heavy (non-hydrogen) atoms. The quantitative estimate of drug-likeness (QED) is 0.922. The largest absolute Gasteiger partial charge is 0.264 e. The fourth-order valence-corrected chi connectivity index (χ4v) is 2.69. The summed E-state index contributed by atoms with van der Waals surface area (Å²) in [5.74, 6) is 0.457. The SMILES string of the molecule is Cc1ccc(/C=C/S(=O)(=O)Nc2ccnn2C(C)C)cc1. The first kappa shape index (κ1) is 15.3. The Balaban J connectivity index is 2.15. The highest BCUT2D eigenvalue weighted by Gasteiger charge is 2.11. The lowest BCUT2D eigenvalue weighted by Gasteiger charge is -2.11. The van der Waals surface area contributed by atoms with Crippen LogP contribution < -0.4 is 4.72 Å². The average molecular weight is 305 g/mol. The van der Waals surface area contributed by atoms with Gasteiger partial charge in [0.1, 0.15) is 5.82 Å². The third kappa shape index (κ3) is 4.19. The van der Waals surface area contributed by atoms with Gasteiger partial charge in [0, 0.05) is 12.1 Å². The molecule has 0 aliphatic carbocycles.